The van der Waals surface area contributed by atoms with Gasteiger partial charge in [-0.2, -0.15) is 5.10 Å². The van der Waals surface area contributed by atoms with Crippen molar-refractivity contribution in [1.29, 1.82) is 0 Å². The molecule has 1 fully saturated rings. The minimum absolute atomic E-state index is 0.00606. The van der Waals surface area contributed by atoms with Crippen molar-refractivity contribution < 1.29 is 19.2 Å². The molecule has 2 aliphatic rings. The quantitative estimate of drug-likeness (QED) is 0.473. The van der Waals surface area contributed by atoms with Crippen molar-refractivity contribution in [2.45, 2.75) is 18.9 Å². The van der Waals surface area contributed by atoms with Gasteiger partial charge in [-0.15, -0.1) is 0 Å². The molecular formula is C22H20N4O5. The van der Waals surface area contributed by atoms with E-state index in [1.54, 1.807) is 29.1 Å². The maximum Gasteiger partial charge on any atom is 0.274 e. The van der Waals surface area contributed by atoms with Crippen molar-refractivity contribution in [3.05, 3.63) is 76.1 Å². The number of hydrogen-bond donors (Lipinski definition) is 0. The monoisotopic (exact) mass is 420 g/mol. The molecule has 0 bridgehead atoms. The van der Waals surface area contributed by atoms with Crippen LogP contribution in [-0.2, 0) is 0 Å². The average Bonchev–Trinajstić information content (AvgIpc) is 3.49. The second-order valence-electron chi connectivity index (χ2n) is 7.48. The topological polar surface area (TPSA) is 99.7 Å². The Hall–Kier alpha value is -3.88. The third-order valence-electron chi connectivity index (χ3n) is 5.60. The van der Waals surface area contributed by atoms with Crippen molar-refractivity contribution in [2.24, 2.45) is 0 Å². The maximum absolute atomic E-state index is 13.2. The molecule has 158 valence electrons. The molecule has 0 aliphatic carbocycles. The fourth-order valence-electron chi connectivity index (χ4n) is 4.08. The first-order valence-electron chi connectivity index (χ1n) is 10.1. The summed E-state index contributed by atoms with van der Waals surface area (Å²) in [6.45, 7) is 1.71. The van der Waals surface area contributed by atoms with Crippen LogP contribution in [0.15, 0.2) is 54.7 Å². The summed E-state index contributed by atoms with van der Waals surface area (Å²) in [5.74, 6) is 1.30. The number of benzene rings is 2. The van der Waals surface area contributed by atoms with Gasteiger partial charge in [0.2, 0.25) is 0 Å². The summed E-state index contributed by atoms with van der Waals surface area (Å²) in [5, 5.41) is 15.2. The zero-order chi connectivity index (χ0) is 21.4. The van der Waals surface area contributed by atoms with Crippen LogP contribution in [0, 0.1) is 10.1 Å². The van der Waals surface area contributed by atoms with Gasteiger partial charge in [0.15, 0.2) is 17.2 Å². The summed E-state index contributed by atoms with van der Waals surface area (Å²) in [5.41, 5.74) is 2.01. The van der Waals surface area contributed by atoms with Crippen molar-refractivity contribution in [1.82, 2.24) is 14.7 Å². The van der Waals surface area contributed by atoms with Crippen LogP contribution in [0.4, 0.5) is 5.69 Å². The van der Waals surface area contributed by atoms with Gasteiger partial charge in [0.05, 0.1) is 16.7 Å². The molecule has 9 nitrogen and oxygen atoms in total. The number of aromatic nitrogens is 2. The standard InChI is InChI=1S/C22H20N4O5/c27-22(18-9-11-25(23-18)16-4-6-17(7-5-16)26(28)29)24-10-1-2-19(24)15-3-8-20-21(14-15)31-13-12-30-20/h3-9,11,14,19H,1-2,10,12-13H2. The number of nitro benzene ring substituents is 1. The molecule has 0 radical (unpaired) electrons. The summed E-state index contributed by atoms with van der Waals surface area (Å²) in [4.78, 5) is 25.4. The number of nitrogens with zero attached hydrogens (tertiary/aromatic N) is 4. The molecule has 3 aromatic rings. The van der Waals surface area contributed by atoms with E-state index in [4.69, 9.17) is 9.47 Å². The minimum atomic E-state index is -0.451. The van der Waals surface area contributed by atoms with Gasteiger partial charge in [-0.25, -0.2) is 4.68 Å². The third-order valence-corrected chi connectivity index (χ3v) is 5.60. The van der Waals surface area contributed by atoms with E-state index in [0.717, 1.165) is 24.2 Å². The van der Waals surface area contributed by atoms with E-state index in [1.165, 1.54) is 12.1 Å². The molecular weight excluding hydrogens is 400 g/mol. The van der Waals surface area contributed by atoms with E-state index in [9.17, 15) is 14.9 Å². The van der Waals surface area contributed by atoms with Crippen molar-refractivity contribution in [2.75, 3.05) is 19.8 Å². The second kappa shape index (κ2) is 7.75. The van der Waals surface area contributed by atoms with E-state index in [2.05, 4.69) is 5.10 Å². The number of carbonyl (C=O) groups excluding carboxylic acids is 1. The Morgan fingerprint density at radius 1 is 1.06 bits per heavy atom. The molecule has 0 saturated carbocycles. The fraction of sp³-hybridized carbons (Fsp3) is 0.273. The number of ether oxygens (including phenoxy) is 2. The highest BCUT2D eigenvalue weighted by Gasteiger charge is 2.32. The Labute approximate surface area is 177 Å². The number of likely N-dealkylation sites (tertiary alicyclic amines) is 1. The van der Waals surface area contributed by atoms with Gasteiger partial charge in [0.1, 0.15) is 13.2 Å². The lowest BCUT2D eigenvalue weighted by atomic mass is 10.0. The predicted octanol–water partition coefficient (Wildman–Crippen LogP) is 3.53. The fourth-order valence-corrected chi connectivity index (χ4v) is 4.08. The Bertz CT molecular complexity index is 1140. The Morgan fingerprint density at radius 2 is 1.84 bits per heavy atom. The molecule has 1 atom stereocenters. The van der Waals surface area contributed by atoms with Crippen molar-refractivity contribution in [3.8, 4) is 17.2 Å². The molecule has 9 heteroatoms. The molecule has 2 aliphatic heterocycles. The van der Waals surface area contributed by atoms with Crippen LogP contribution in [0.1, 0.15) is 34.9 Å². The highest BCUT2D eigenvalue weighted by atomic mass is 16.6. The number of non-ortho nitro benzene ring substituents is 1. The summed E-state index contributed by atoms with van der Waals surface area (Å²) < 4.78 is 12.8. The Balaban J connectivity index is 1.36. The largest absolute Gasteiger partial charge is 0.486 e. The van der Waals surface area contributed by atoms with Crippen LogP contribution < -0.4 is 9.47 Å². The highest BCUT2D eigenvalue weighted by Crippen LogP contribution is 2.38. The van der Waals surface area contributed by atoms with Gasteiger partial charge < -0.3 is 14.4 Å². The molecule has 31 heavy (non-hydrogen) atoms. The lowest BCUT2D eigenvalue weighted by Crippen LogP contribution is -2.31. The number of hydrogen-bond acceptors (Lipinski definition) is 6. The van der Waals surface area contributed by atoms with Crippen molar-refractivity contribution in [3.63, 3.8) is 0 Å². The van der Waals surface area contributed by atoms with Gasteiger partial charge in [-0.1, -0.05) is 6.07 Å². The molecule has 3 heterocycles. The van der Waals surface area contributed by atoms with Crippen LogP contribution in [0.2, 0.25) is 0 Å². The SMILES string of the molecule is O=C(c1ccn(-c2ccc([N+](=O)[O-])cc2)n1)N1CCCC1c1ccc2c(c1)OCCO2. The zero-order valence-electron chi connectivity index (χ0n) is 16.6. The van der Waals surface area contributed by atoms with Crippen LogP contribution in [0.25, 0.3) is 5.69 Å². The Morgan fingerprint density at radius 3 is 2.61 bits per heavy atom. The molecule has 0 N–H and O–H groups in total. The van der Waals surface area contributed by atoms with E-state index in [-0.39, 0.29) is 17.6 Å². The first-order chi connectivity index (χ1) is 15.1. The van der Waals surface area contributed by atoms with Gasteiger partial charge in [0.25, 0.3) is 11.6 Å². The predicted molar refractivity (Wildman–Crippen MR) is 111 cm³/mol. The van der Waals surface area contributed by atoms with Crippen molar-refractivity contribution >= 4 is 11.6 Å². The molecule has 1 aromatic heterocycles. The van der Waals surface area contributed by atoms with Crippen LogP contribution in [0.3, 0.4) is 0 Å². The number of nitro groups is 1. The van der Waals surface area contributed by atoms with E-state index < -0.39 is 4.92 Å². The first-order valence-corrected chi connectivity index (χ1v) is 10.1. The van der Waals surface area contributed by atoms with Gasteiger partial charge in [-0.3, -0.25) is 14.9 Å². The molecule has 1 unspecified atom stereocenters. The molecule has 5 rings (SSSR count). The Kier molecular flexibility index (Phi) is 4.78. The summed E-state index contributed by atoms with van der Waals surface area (Å²) in [7, 11) is 0. The average molecular weight is 420 g/mol. The normalized spacial score (nSPS) is 17.5. The lowest BCUT2D eigenvalue weighted by molar-refractivity contribution is -0.384. The summed E-state index contributed by atoms with van der Waals surface area (Å²) in [6, 6.07) is 13.5. The molecule has 0 spiro atoms. The maximum atomic E-state index is 13.2. The highest BCUT2D eigenvalue weighted by molar-refractivity contribution is 5.92. The third kappa shape index (κ3) is 3.58. The minimum Gasteiger partial charge on any atom is -0.486 e. The van der Waals surface area contributed by atoms with Gasteiger partial charge in [0, 0.05) is 24.9 Å². The molecule has 2 aromatic carbocycles. The molecule has 1 amide bonds. The summed E-state index contributed by atoms with van der Waals surface area (Å²) in [6.07, 6.45) is 3.46. The number of amides is 1. The second-order valence-corrected chi connectivity index (χ2v) is 7.48. The summed E-state index contributed by atoms with van der Waals surface area (Å²) >= 11 is 0. The van der Waals surface area contributed by atoms with Crippen LogP contribution in [0.5, 0.6) is 11.5 Å². The van der Waals surface area contributed by atoms with E-state index in [1.807, 2.05) is 23.1 Å². The molecule has 1 saturated heterocycles. The van der Waals surface area contributed by atoms with Crippen LogP contribution >= 0.6 is 0 Å². The lowest BCUT2D eigenvalue weighted by Gasteiger charge is -2.26. The number of rotatable bonds is 4. The number of carbonyl (C=O) groups is 1. The van der Waals surface area contributed by atoms with Gasteiger partial charge in [-0.05, 0) is 48.7 Å². The number of fused-ring (bicyclic) bond motifs is 1. The first kappa shape index (κ1) is 19.1. The van der Waals surface area contributed by atoms with Crippen LogP contribution in [-0.4, -0.2) is 45.3 Å². The smallest absolute Gasteiger partial charge is 0.274 e. The van der Waals surface area contributed by atoms with Gasteiger partial charge >= 0.3 is 0 Å². The van der Waals surface area contributed by atoms with E-state index in [0.29, 0.717) is 36.9 Å². The van der Waals surface area contributed by atoms with E-state index >= 15 is 0 Å². The zero-order valence-corrected chi connectivity index (χ0v) is 16.6.